The molecule has 0 bridgehead atoms. The van der Waals surface area contributed by atoms with Crippen LogP contribution in [-0.2, 0) is 15.5 Å². The summed E-state index contributed by atoms with van der Waals surface area (Å²) in [5.41, 5.74) is 0.949. The molecule has 0 fully saturated rings. The van der Waals surface area contributed by atoms with Gasteiger partial charge in [-0.05, 0) is 29.8 Å². The maximum atomic E-state index is 13.1. The molecular weight excluding hydrogens is 305 g/mol. The van der Waals surface area contributed by atoms with Gasteiger partial charge in [0.15, 0.2) is 0 Å². The van der Waals surface area contributed by atoms with Crippen molar-refractivity contribution in [1.82, 2.24) is 4.98 Å². The number of pyridine rings is 1. The molecule has 0 saturated heterocycles. The SMILES string of the molecule is O=S(=O)(Cl)c1cc(F)ccc1OCCc1cccnc1. The largest absolute Gasteiger partial charge is 0.492 e. The topological polar surface area (TPSA) is 56.3 Å². The van der Waals surface area contributed by atoms with Crippen LogP contribution in [0.1, 0.15) is 5.56 Å². The summed E-state index contributed by atoms with van der Waals surface area (Å²) in [4.78, 5) is 3.59. The van der Waals surface area contributed by atoms with Crippen molar-refractivity contribution in [1.29, 1.82) is 0 Å². The van der Waals surface area contributed by atoms with Gasteiger partial charge in [-0.15, -0.1) is 0 Å². The summed E-state index contributed by atoms with van der Waals surface area (Å²) in [6.07, 6.45) is 3.89. The van der Waals surface area contributed by atoms with Crippen LogP contribution in [0.5, 0.6) is 5.75 Å². The lowest BCUT2D eigenvalue weighted by Crippen LogP contribution is -2.05. The molecule has 20 heavy (non-hydrogen) atoms. The van der Waals surface area contributed by atoms with Gasteiger partial charge in [0.05, 0.1) is 6.61 Å². The van der Waals surface area contributed by atoms with Crippen LogP contribution in [0.3, 0.4) is 0 Å². The van der Waals surface area contributed by atoms with E-state index in [-0.39, 0.29) is 17.3 Å². The third kappa shape index (κ3) is 3.91. The van der Waals surface area contributed by atoms with Gasteiger partial charge in [0, 0.05) is 29.5 Å². The van der Waals surface area contributed by atoms with Crippen molar-refractivity contribution < 1.29 is 17.5 Å². The fraction of sp³-hybridized carbons (Fsp3) is 0.154. The highest BCUT2D eigenvalue weighted by atomic mass is 35.7. The van der Waals surface area contributed by atoms with Gasteiger partial charge in [0.2, 0.25) is 0 Å². The Morgan fingerprint density at radius 1 is 1.30 bits per heavy atom. The Balaban J connectivity index is 2.10. The van der Waals surface area contributed by atoms with Crippen LogP contribution < -0.4 is 4.74 Å². The molecule has 7 heteroatoms. The lowest BCUT2D eigenvalue weighted by Gasteiger charge is -2.09. The number of ether oxygens (including phenoxy) is 1. The molecule has 0 radical (unpaired) electrons. The molecule has 0 spiro atoms. The minimum absolute atomic E-state index is 0.0327. The molecule has 4 nitrogen and oxygen atoms in total. The van der Waals surface area contributed by atoms with Gasteiger partial charge in [-0.25, -0.2) is 12.8 Å². The van der Waals surface area contributed by atoms with Crippen LogP contribution in [-0.4, -0.2) is 20.0 Å². The number of benzene rings is 1. The van der Waals surface area contributed by atoms with Gasteiger partial charge in [-0.3, -0.25) is 4.98 Å². The Bertz CT molecular complexity index is 692. The number of hydrogen-bond acceptors (Lipinski definition) is 4. The quantitative estimate of drug-likeness (QED) is 0.796. The third-order valence-electron chi connectivity index (χ3n) is 2.54. The van der Waals surface area contributed by atoms with E-state index in [2.05, 4.69) is 4.98 Å². The zero-order chi connectivity index (χ0) is 14.6. The first-order valence-corrected chi connectivity index (χ1v) is 8.03. The van der Waals surface area contributed by atoms with Crippen molar-refractivity contribution in [3.63, 3.8) is 0 Å². The van der Waals surface area contributed by atoms with E-state index >= 15 is 0 Å². The van der Waals surface area contributed by atoms with Gasteiger partial charge < -0.3 is 4.74 Å². The van der Waals surface area contributed by atoms with Gasteiger partial charge in [0.1, 0.15) is 16.5 Å². The molecule has 0 saturated carbocycles. The van der Waals surface area contributed by atoms with Gasteiger partial charge in [0.25, 0.3) is 9.05 Å². The zero-order valence-electron chi connectivity index (χ0n) is 10.3. The summed E-state index contributed by atoms with van der Waals surface area (Å²) < 4.78 is 41.1. The highest BCUT2D eigenvalue weighted by molar-refractivity contribution is 8.13. The van der Waals surface area contributed by atoms with Gasteiger partial charge in [-0.1, -0.05) is 6.07 Å². The lowest BCUT2D eigenvalue weighted by atomic mass is 10.2. The maximum absolute atomic E-state index is 13.1. The highest BCUT2D eigenvalue weighted by Gasteiger charge is 2.18. The highest BCUT2D eigenvalue weighted by Crippen LogP contribution is 2.27. The summed E-state index contributed by atoms with van der Waals surface area (Å²) in [7, 11) is 1.19. The second kappa shape index (κ2) is 6.19. The molecule has 0 atom stereocenters. The van der Waals surface area contributed by atoms with Crippen LogP contribution in [0.2, 0.25) is 0 Å². The zero-order valence-corrected chi connectivity index (χ0v) is 11.9. The molecule has 106 valence electrons. The third-order valence-corrected chi connectivity index (χ3v) is 3.88. The first kappa shape index (κ1) is 14.7. The summed E-state index contributed by atoms with van der Waals surface area (Å²) in [5.74, 6) is -0.658. The van der Waals surface area contributed by atoms with Crippen LogP contribution in [0.4, 0.5) is 4.39 Å². The van der Waals surface area contributed by atoms with Crippen LogP contribution >= 0.6 is 10.7 Å². The molecule has 1 aromatic heterocycles. The van der Waals surface area contributed by atoms with Gasteiger partial charge >= 0.3 is 0 Å². The minimum atomic E-state index is -4.06. The number of hydrogen-bond donors (Lipinski definition) is 0. The van der Waals surface area contributed by atoms with E-state index < -0.39 is 14.9 Å². The predicted octanol–water partition coefficient (Wildman–Crippen LogP) is 2.77. The molecule has 0 aliphatic heterocycles. The fourth-order valence-corrected chi connectivity index (χ4v) is 2.60. The summed E-state index contributed by atoms with van der Waals surface area (Å²) in [5, 5.41) is 0. The second-order valence-electron chi connectivity index (χ2n) is 3.99. The average molecular weight is 316 g/mol. The Kier molecular flexibility index (Phi) is 4.57. The van der Waals surface area contributed by atoms with E-state index in [0.717, 1.165) is 17.7 Å². The minimum Gasteiger partial charge on any atom is -0.492 e. The monoisotopic (exact) mass is 315 g/mol. The molecule has 2 aromatic rings. The van der Waals surface area contributed by atoms with Crippen molar-refractivity contribution in [2.45, 2.75) is 11.3 Å². The number of aromatic nitrogens is 1. The lowest BCUT2D eigenvalue weighted by molar-refractivity contribution is 0.313. The van der Waals surface area contributed by atoms with Crippen LogP contribution in [0.25, 0.3) is 0 Å². The molecule has 0 aliphatic rings. The molecule has 0 N–H and O–H groups in total. The molecule has 0 amide bonds. The Morgan fingerprint density at radius 2 is 2.10 bits per heavy atom. The van der Waals surface area contributed by atoms with Crippen molar-refractivity contribution in [3.05, 3.63) is 54.1 Å². The van der Waals surface area contributed by atoms with E-state index in [1.807, 2.05) is 6.07 Å². The van der Waals surface area contributed by atoms with Crippen molar-refractivity contribution in [2.24, 2.45) is 0 Å². The van der Waals surface area contributed by atoms with Crippen molar-refractivity contribution >= 4 is 19.7 Å². The second-order valence-corrected chi connectivity index (χ2v) is 6.52. The van der Waals surface area contributed by atoms with E-state index in [0.29, 0.717) is 6.42 Å². The van der Waals surface area contributed by atoms with Crippen LogP contribution in [0.15, 0.2) is 47.6 Å². The molecule has 0 unspecified atom stereocenters. The predicted molar refractivity (Wildman–Crippen MR) is 72.9 cm³/mol. The average Bonchev–Trinajstić information content (AvgIpc) is 2.40. The van der Waals surface area contributed by atoms with E-state index in [9.17, 15) is 12.8 Å². The van der Waals surface area contributed by atoms with E-state index in [1.54, 1.807) is 18.5 Å². The molecular formula is C13H11ClFNO3S. The van der Waals surface area contributed by atoms with Crippen molar-refractivity contribution in [3.8, 4) is 5.75 Å². The number of nitrogens with zero attached hydrogens (tertiary/aromatic N) is 1. The Labute approximate surface area is 120 Å². The fourth-order valence-electron chi connectivity index (χ4n) is 1.62. The Hall–Kier alpha value is -1.66. The van der Waals surface area contributed by atoms with E-state index in [1.165, 1.54) is 6.07 Å². The van der Waals surface area contributed by atoms with Crippen molar-refractivity contribution in [2.75, 3.05) is 6.61 Å². The molecule has 1 heterocycles. The van der Waals surface area contributed by atoms with Crippen LogP contribution in [0, 0.1) is 5.82 Å². The standard InChI is InChI=1S/C13H11ClFNO3S/c14-20(17,18)13-8-11(15)3-4-12(13)19-7-5-10-2-1-6-16-9-10/h1-4,6,8-9H,5,7H2. The summed E-state index contributed by atoms with van der Waals surface area (Å²) >= 11 is 0. The van der Waals surface area contributed by atoms with E-state index in [4.69, 9.17) is 15.4 Å². The number of rotatable bonds is 5. The smallest absolute Gasteiger partial charge is 0.265 e. The van der Waals surface area contributed by atoms with Gasteiger partial charge in [-0.2, -0.15) is 0 Å². The molecule has 2 rings (SSSR count). The first-order valence-electron chi connectivity index (χ1n) is 5.73. The maximum Gasteiger partial charge on any atom is 0.265 e. The molecule has 1 aromatic carbocycles. The normalized spacial score (nSPS) is 11.3. The summed E-state index contributed by atoms with van der Waals surface area (Å²) in [6.45, 7) is 0.233. The summed E-state index contributed by atoms with van der Waals surface area (Å²) in [6, 6.07) is 6.86. The first-order chi connectivity index (χ1) is 9.47. The number of halogens is 2. The Morgan fingerprint density at radius 3 is 2.75 bits per heavy atom. The molecule has 0 aliphatic carbocycles.